The number of rotatable bonds is 7. The zero-order valence-corrected chi connectivity index (χ0v) is 13.5. The first-order valence-corrected chi connectivity index (χ1v) is 7.87. The molecule has 0 spiro atoms. The van der Waals surface area contributed by atoms with Crippen LogP contribution in [0.2, 0.25) is 0 Å². The van der Waals surface area contributed by atoms with E-state index in [1.165, 1.54) is 12.1 Å². The van der Waals surface area contributed by atoms with E-state index in [2.05, 4.69) is 25.6 Å². The topological polar surface area (TPSA) is 83.0 Å². The van der Waals surface area contributed by atoms with Crippen molar-refractivity contribution < 1.29 is 9.50 Å². The number of aromatic nitrogens is 3. The van der Waals surface area contributed by atoms with Crippen LogP contribution in [0.15, 0.2) is 54.9 Å². The van der Waals surface area contributed by atoms with E-state index in [-0.39, 0.29) is 12.4 Å². The number of aliphatic hydroxyl groups excluding tert-OH is 1. The SMILES string of the molecule is OCCNc1nc(NCc2cccc(F)c2)cc(-c2cccnc2)n1. The van der Waals surface area contributed by atoms with E-state index < -0.39 is 0 Å². The van der Waals surface area contributed by atoms with E-state index in [0.29, 0.717) is 30.5 Å². The number of nitrogens with zero attached hydrogens (tertiary/aromatic N) is 3. The van der Waals surface area contributed by atoms with Crippen molar-refractivity contribution in [1.82, 2.24) is 15.0 Å². The van der Waals surface area contributed by atoms with E-state index in [1.54, 1.807) is 24.5 Å². The van der Waals surface area contributed by atoms with Gasteiger partial charge in [0.1, 0.15) is 11.6 Å². The summed E-state index contributed by atoms with van der Waals surface area (Å²) in [6.45, 7) is 0.757. The van der Waals surface area contributed by atoms with Gasteiger partial charge in [-0.1, -0.05) is 12.1 Å². The quantitative estimate of drug-likeness (QED) is 0.614. The molecule has 2 heterocycles. The molecular weight excluding hydrogens is 321 g/mol. The zero-order valence-electron chi connectivity index (χ0n) is 13.5. The first-order valence-electron chi connectivity index (χ1n) is 7.87. The van der Waals surface area contributed by atoms with Crippen LogP contribution in [-0.2, 0) is 6.54 Å². The minimum Gasteiger partial charge on any atom is -0.395 e. The molecular formula is C18H18FN5O. The fraction of sp³-hybridized carbons (Fsp3) is 0.167. The van der Waals surface area contributed by atoms with Crippen LogP contribution in [0.1, 0.15) is 5.56 Å². The molecule has 1 aromatic carbocycles. The maximum atomic E-state index is 13.3. The highest BCUT2D eigenvalue weighted by Crippen LogP contribution is 2.21. The molecule has 3 N–H and O–H groups in total. The second-order valence-corrected chi connectivity index (χ2v) is 5.34. The van der Waals surface area contributed by atoms with Gasteiger partial charge in [0.15, 0.2) is 0 Å². The van der Waals surface area contributed by atoms with Gasteiger partial charge in [0, 0.05) is 37.1 Å². The summed E-state index contributed by atoms with van der Waals surface area (Å²) in [6.07, 6.45) is 3.41. The molecule has 0 bridgehead atoms. The van der Waals surface area contributed by atoms with Crippen LogP contribution in [0.5, 0.6) is 0 Å². The van der Waals surface area contributed by atoms with Crippen LogP contribution in [0.25, 0.3) is 11.3 Å². The van der Waals surface area contributed by atoms with Crippen LogP contribution in [-0.4, -0.2) is 33.2 Å². The summed E-state index contributed by atoms with van der Waals surface area (Å²) in [5.41, 5.74) is 2.36. The maximum absolute atomic E-state index is 13.3. The van der Waals surface area contributed by atoms with Crippen LogP contribution in [0.3, 0.4) is 0 Å². The van der Waals surface area contributed by atoms with Gasteiger partial charge >= 0.3 is 0 Å². The minimum absolute atomic E-state index is 0.0213. The van der Waals surface area contributed by atoms with Gasteiger partial charge in [-0.3, -0.25) is 4.98 Å². The summed E-state index contributed by atoms with van der Waals surface area (Å²) in [7, 11) is 0. The van der Waals surface area contributed by atoms with Crippen molar-refractivity contribution in [3.8, 4) is 11.3 Å². The van der Waals surface area contributed by atoms with Crippen LogP contribution in [0, 0.1) is 5.82 Å². The largest absolute Gasteiger partial charge is 0.395 e. The number of pyridine rings is 1. The molecule has 0 amide bonds. The molecule has 25 heavy (non-hydrogen) atoms. The van der Waals surface area contributed by atoms with Crippen molar-refractivity contribution >= 4 is 11.8 Å². The first kappa shape index (κ1) is 16.8. The van der Waals surface area contributed by atoms with E-state index in [1.807, 2.05) is 18.2 Å². The lowest BCUT2D eigenvalue weighted by Gasteiger charge is -2.11. The molecule has 0 aliphatic rings. The Morgan fingerprint density at radius 3 is 2.72 bits per heavy atom. The lowest BCUT2D eigenvalue weighted by atomic mass is 10.2. The number of aliphatic hydroxyl groups is 1. The molecule has 2 aromatic heterocycles. The van der Waals surface area contributed by atoms with Crippen molar-refractivity contribution in [3.05, 3.63) is 66.2 Å². The summed E-state index contributed by atoms with van der Waals surface area (Å²) >= 11 is 0. The number of anilines is 2. The molecule has 7 heteroatoms. The molecule has 0 unspecified atom stereocenters. The highest BCUT2D eigenvalue weighted by Gasteiger charge is 2.07. The van der Waals surface area contributed by atoms with Crippen molar-refractivity contribution in [2.45, 2.75) is 6.54 Å². The van der Waals surface area contributed by atoms with Crippen LogP contribution < -0.4 is 10.6 Å². The second kappa shape index (κ2) is 8.16. The molecule has 3 aromatic rings. The van der Waals surface area contributed by atoms with Gasteiger partial charge in [0.05, 0.1) is 12.3 Å². The number of nitrogens with one attached hydrogen (secondary N) is 2. The average molecular weight is 339 g/mol. The zero-order chi connectivity index (χ0) is 17.5. The maximum Gasteiger partial charge on any atom is 0.225 e. The molecule has 0 saturated carbocycles. The Bertz CT molecular complexity index is 829. The normalized spacial score (nSPS) is 10.5. The third-order valence-electron chi connectivity index (χ3n) is 3.44. The number of benzene rings is 1. The van der Waals surface area contributed by atoms with E-state index in [4.69, 9.17) is 5.11 Å². The Balaban J connectivity index is 1.84. The van der Waals surface area contributed by atoms with Crippen LogP contribution >= 0.6 is 0 Å². The molecule has 0 fully saturated rings. The van der Waals surface area contributed by atoms with E-state index >= 15 is 0 Å². The summed E-state index contributed by atoms with van der Waals surface area (Å²) in [5.74, 6) is 0.721. The number of hydrogen-bond donors (Lipinski definition) is 3. The smallest absolute Gasteiger partial charge is 0.225 e. The Labute approximate surface area is 144 Å². The van der Waals surface area contributed by atoms with Gasteiger partial charge in [-0.25, -0.2) is 9.37 Å². The van der Waals surface area contributed by atoms with Gasteiger partial charge in [-0.15, -0.1) is 0 Å². The predicted molar refractivity (Wildman–Crippen MR) is 94.6 cm³/mol. The molecule has 128 valence electrons. The Morgan fingerprint density at radius 1 is 1.04 bits per heavy atom. The second-order valence-electron chi connectivity index (χ2n) is 5.34. The lowest BCUT2D eigenvalue weighted by molar-refractivity contribution is 0.311. The molecule has 0 saturated heterocycles. The predicted octanol–water partition coefficient (Wildman–Crippen LogP) is 2.69. The van der Waals surface area contributed by atoms with Crippen molar-refractivity contribution in [1.29, 1.82) is 0 Å². The average Bonchev–Trinajstić information content (AvgIpc) is 2.65. The molecule has 3 rings (SSSR count). The lowest BCUT2D eigenvalue weighted by Crippen LogP contribution is -2.11. The highest BCUT2D eigenvalue weighted by molar-refractivity contribution is 5.63. The third kappa shape index (κ3) is 4.71. The Hall–Kier alpha value is -3.06. The first-order chi connectivity index (χ1) is 12.2. The minimum atomic E-state index is -0.275. The summed E-state index contributed by atoms with van der Waals surface area (Å²) in [5, 5.41) is 15.1. The Kier molecular flexibility index (Phi) is 5.48. The van der Waals surface area contributed by atoms with Crippen molar-refractivity contribution in [3.63, 3.8) is 0 Å². The number of hydrogen-bond acceptors (Lipinski definition) is 6. The fourth-order valence-corrected chi connectivity index (χ4v) is 2.29. The monoisotopic (exact) mass is 339 g/mol. The van der Waals surface area contributed by atoms with Crippen LogP contribution in [0.4, 0.5) is 16.2 Å². The van der Waals surface area contributed by atoms with Gasteiger partial charge in [-0.2, -0.15) is 4.98 Å². The van der Waals surface area contributed by atoms with Crippen molar-refractivity contribution in [2.75, 3.05) is 23.8 Å². The molecule has 6 nitrogen and oxygen atoms in total. The Morgan fingerprint density at radius 2 is 1.96 bits per heavy atom. The van der Waals surface area contributed by atoms with Gasteiger partial charge < -0.3 is 15.7 Å². The fourth-order valence-electron chi connectivity index (χ4n) is 2.29. The summed E-state index contributed by atoms with van der Waals surface area (Å²) in [6, 6.07) is 11.9. The molecule has 0 aliphatic carbocycles. The van der Waals surface area contributed by atoms with Gasteiger partial charge in [0.2, 0.25) is 5.95 Å². The number of halogens is 1. The highest BCUT2D eigenvalue weighted by atomic mass is 19.1. The molecule has 0 aliphatic heterocycles. The molecule has 0 atom stereocenters. The molecule has 0 radical (unpaired) electrons. The summed E-state index contributed by atoms with van der Waals surface area (Å²) in [4.78, 5) is 12.9. The standard InChI is InChI=1S/C18H18FN5O/c19-15-5-1-3-13(9-15)11-22-17-10-16(14-4-2-6-20-12-14)23-18(24-17)21-7-8-25/h1-6,9-10,12,25H,7-8,11H2,(H2,21,22,23,24). The van der Waals surface area contributed by atoms with E-state index in [9.17, 15) is 4.39 Å². The van der Waals surface area contributed by atoms with Crippen molar-refractivity contribution in [2.24, 2.45) is 0 Å². The van der Waals surface area contributed by atoms with Gasteiger partial charge in [-0.05, 0) is 29.8 Å². The summed E-state index contributed by atoms with van der Waals surface area (Å²) < 4.78 is 13.3. The third-order valence-corrected chi connectivity index (χ3v) is 3.44. The van der Waals surface area contributed by atoms with E-state index in [0.717, 1.165) is 11.1 Å². The van der Waals surface area contributed by atoms with Gasteiger partial charge in [0.25, 0.3) is 0 Å².